The monoisotopic (exact) mass is 345 g/mol. The standard InChI is InChI=1S/C15H15N5O3S/c1-9-2-3-10-11(5-16)15(24-12(10)4-9)18-14(21)7-19-6-13(17-8-19)20(22)23/h6,8-9H,2-4,7H2,1H3,(H,18,21). The van der Waals surface area contributed by atoms with E-state index in [2.05, 4.69) is 23.3 Å². The quantitative estimate of drug-likeness (QED) is 0.675. The molecule has 124 valence electrons. The molecule has 0 radical (unpaired) electrons. The van der Waals surface area contributed by atoms with Crippen molar-refractivity contribution in [2.45, 2.75) is 32.7 Å². The van der Waals surface area contributed by atoms with Gasteiger partial charge in [-0.1, -0.05) is 6.92 Å². The Morgan fingerprint density at radius 2 is 2.46 bits per heavy atom. The third-order valence-corrected chi connectivity index (χ3v) is 5.18. The van der Waals surface area contributed by atoms with E-state index in [1.807, 2.05) is 0 Å². The zero-order valence-corrected chi connectivity index (χ0v) is 13.8. The van der Waals surface area contributed by atoms with Crippen molar-refractivity contribution in [3.8, 4) is 6.07 Å². The van der Waals surface area contributed by atoms with Gasteiger partial charge in [-0.15, -0.1) is 11.3 Å². The van der Waals surface area contributed by atoms with Crippen LogP contribution in [0.5, 0.6) is 0 Å². The molecule has 2 aromatic rings. The Labute approximate surface area is 141 Å². The maximum Gasteiger partial charge on any atom is 0.381 e. The topological polar surface area (TPSA) is 114 Å². The van der Waals surface area contributed by atoms with Crippen LogP contribution in [0.1, 0.15) is 29.3 Å². The molecular formula is C15H15N5O3S. The highest BCUT2D eigenvalue weighted by Gasteiger charge is 2.24. The van der Waals surface area contributed by atoms with E-state index in [9.17, 15) is 20.2 Å². The molecule has 1 atom stereocenters. The second kappa shape index (κ2) is 6.41. The molecule has 0 bridgehead atoms. The van der Waals surface area contributed by atoms with Crippen LogP contribution in [0.2, 0.25) is 0 Å². The Morgan fingerprint density at radius 1 is 1.67 bits per heavy atom. The molecule has 0 fully saturated rings. The Morgan fingerprint density at radius 3 is 3.12 bits per heavy atom. The third-order valence-electron chi connectivity index (χ3n) is 4.01. The number of rotatable bonds is 4. The van der Waals surface area contributed by atoms with E-state index >= 15 is 0 Å². The van der Waals surface area contributed by atoms with E-state index in [-0.39, 0.29) is 18.3 Å². The summed E-state index contributed by atoms with van der Waals surface area (Å²) in [5.74, 6) is -0.0655. The Balaban J connectivity index is 1.74. The van der Waals surface area contributed by atoms with Crippen LogP contribution >= 0.6 is 11.3 Å². The summed E-state index contributed by atoms with van der Waals surface area (Å²) in [5, 5.41) is 23.3. The number of nitrogens with zero attached hydrogens (tertiary/aromatic N) is 4. The minimum Gasteiger partial charge on any atom is -0.358 e. The van der Waals surface area contributed by atoms with Crippen LogP contribution in [0, 0.1) is 27.4 Å². The minimum absolute atomic E-state index is 0.0926. The van der Waals surface area contributed by atoms with E-state index in [1.165, 1.54) is 33.3 Å². The molecular weight excluding hydrogens is 330 g/mol. The van der Waals surface area contributed by atoms with Crippen molar-refractivity contribution in [1.29, 1.82) is 5.26 Å². The van der Waals surface area contributed by atoms with Crippen LogP contribution in [0.3, 0.4) is 0 Å². The summed E-state index contributed by atoms with van der Waals surface area (Å²) < 4.78 is 1.34. The first-order valence-electron chi connectivity index (χ1n) is 7.48. The summed E-state index contributed by atoms with van der Waals surface area (Å²) in [6.45, 7) is 2.09. The van der Waals surface area contributed by atoms with Crippen LogP contribution in [-0.4, -0.2) is 20.4 Å². The maximum absolute atomic E-state index is 12.2. The average molecular weight is 345 g/mol. The first-order chi connectivity index (χ1) is 11.5. The van der Waals surface area contributed by atoms with Crippen molar-refractivity contribution in [2.24, 2.45) is 5.92 Å². The number of nitrogens with one attached hydrogen (secondary N) is 1. The number of imidazole rings is 1. The molecule has 0 saturated heterocycles. The highest BCUT2D eigenvalue weighted by molar-refractivity contribution is 7.16. The van der Waals surface area contributed by atoms with Crippen molar-refractivity contribution < 1.29 is 9.72 Å². The summed E-state index contributed by atoms with van der Waals surface area (Å²) in [6, 6.07) is 2.19. The van der Waals surface area contributed by atoms with Gasteiger partial charge in [-0.2, -0.15) is 5.26 Å². The smallest absolute Gasteiger partial charge is 0.358 e. The van der Waals surface area contributed by atoms with Gasteiger partial charge >= 0.3 is 5.82 Å². The predicted molar refractivity (Wildman–Crippen MR) is 87.7 cm³/mol. The first-order valence-corrected chi connectivity index (χ1v) is 8.30. The largest absolute Gasteiger partial charge is 0.381 e. The van der Waals surface area contributed by atoms with Crippen molar-refractivity contribution in [2.75, 3.05) is 5.32 Å². The Bertz CT molecular complexity index is 848. The van der Waals surface area contributed by atoms with E-state index < -0.39 is 4.92 Å². The molecule has 2 aromatic heterocycles. The summed E-state index contributed by atoms with van der Waals surface area (Å²) in [4.78, 5) is 26.9. The molecule has 0 spiro atoms. The van der Waals surface area contributed by atoms with Gasteiger partial charge < -0.3 is 20.0 Å². The fraction of sp³-hybridized carbons (Fsp3) is 0.400. The molecule has 1 aliphatic rings. The first kappa shape index (κ1) is 16.1. The number of aromatic nitrogens is 2. The lowest BCUT2D eigenvalue weighted by Gasteiger charge is -2.17. The molecule has 1 amide bonds. The number of fused-ring (bicyclic) bond motifs is 1. The van der Waals surface area contributed by atoms with E-state index in [1.54, 1.807) is 0 Å². The van der Waals surface area contributed by atoms with Crippen LogP contribution < -0.4 is 5.32 Å². The van der Waals surface area contributed by atoms with Crippen LogP contribution in [0.25, 0.3) is 0 Å². The molecule has 8 nitrogen and oxygen atoms in total. The normalized spacial score (nSPS) is 16.2. The molecule has 0 saturated carbocycles. The van der Waals surface area contributed by atoms with Gasteiger partial charge in [-0.05, 0) is 40.7 Å². The summed E-state index contributed by atoms with van der Waals surface area (Å²) in [7, 11) is 0. The summed E-state index contributed by atoms with van der Waals surface area (Å²) >= 11 is 1.45. The third kappa shape index (κ3) is 3.14. The zero-order chi connectivity index (χ0) is 17.3. The lowest BCUT2D eigenvalue weighted by atomic mass is 9.89. The number of nitriles is 1. The van der Waals surface area contributed by atoms with Crippen LogP contribution in [0.4, 0.5) is 10.8 Å². The summed E-state index contributed by atoms with van der Waals surface area (Å²) in [5.41, 5.74) is 1.60. The van der Waals surface area contributed by atoms with E-state index in [0.717, 1.165) is 24.8 Å². The van der Waals surface area contributed by atoms with Gasteiger partial charge in [0, 0.05) is 4.88 Å². The second-order valence-corrected chi connectivity index (χ2v) is 6.98. The van der Waals surface area contributed by atoms with E-state index in [4.69, 9.17) is 0 Å². The van der Waals surface area contributed by atoms with Crippen molar-refractivity contribution in [3.63, 3.8) is 0 Å². The SMILES string of the molecule is CC1CCc2c(sc(NC(=O)Cn3cnc([N+](=O)[O-])c3)c2C#N)C1. The molecule has 24 heavy (non-hydrogen) atoms. The van der Waals surface area contributed by atoms with Crippen LogP contribution in [-0.2, 0) is 24.2 Å². The molecule has 9 heteroatoms. The van der Waals surface area contributed by atoms with Gasteiger partial charge in [0.1, 0.15) is 23.8 Å². The molecule has 1 N–H and O–H groups in total. The number of carbonyl (C=O) groups excluding carboxylic acids is 1. The number of nitro groups is 1. The maximum atomic E-state index is 12.2. The highest BCUT2D eigenvalue weighted by atomic mass is 32.1. The van der Waals surface area contributed by atoms with Crippen molar-refractivity contribution in [3.05, 3.63) is 38.6 Å². The van der Waals surface area contributed by atoms with Gasteiger partial charge in [0.2, 0.25) is 12.2 Å². The number of anilines is 1. The molecule has 3 rings (SSSR count). The number of hydrogen-bond donors (Lipinski definition) is 1. The van der Waals surface area contributed by atoms with Gasteiger partial charge in [0.25, 0.3) is 0 Å². The highest BCUT2D eigenvalue weighted by Crippen LogP contribution is 2.39. The molecule has 1 aliphatic carbocycles. The molecule has 0 aliphatic heterocycles. The number of hydrogen-bond acceptors (Lipinski definition) is 6. The fourth-order valence-corrected chi connectivity index (χ4v) is 4.20. The molecule has 2 heterocycles. The van der Waals surface area contributed by atoms with Crippen molar-refractivity contribution in [1.82, 2.24) is 9.55 Å². The zero-order valence-electron chi connectivity index (χ0n) is 13.0. The Kier molecular flexibility index (Phi) is 4.31. The second-order valence-electron chi connectivity index (χ2n) is 5.88. The lowest BCUT2D eigenvalue weighted by molar-refractivity contribution is -0.389. The lowest BCUT2D eigenvalue weighted by Crippen LogP contribution is -2.17. The number of amides is 1. The van der Waals surface area contributed by atoms with Gasteiger partial charge in [-0.3, -0.25) is 4.79 Å². The molecule has 1 unspecified atom stereocenters. The van der Waals surface area contributed by atoms with E-state index in [0.29, 0.717) is 16.5 Å². The number of thiophene rings is 1. The number of carbonyl (C=O) groups is 1. The van der Waals surface area contributed by atoms with Crippen molar-refractivity contribution >= 4 is 28.1 Å². The molecule has 0 aromatic carbocycles. The Hall–Kier alpha value is -2.73. The van der Waals surface area contributed by atoms with Gasteiger partial charge in [-0.25, -0.2) is 0 Å². The summed E-state index contributed by atoms with van der Waals surface area (Å²) in [6.07, 6.45) is 5.28. The van der Waals surface area contributed by atoms with Gasteiger partial charge in [0.05, 0.1) is 5.56 Å². The predicted octanol–water partition coefficient (Wildman–Crippen LogP) is 2.49. The minimum atomic E-state index is -0.614. The van der Waals surface area contributed by atoms with Crippen LogP contribution in [0.15, 0.2) is 12.5 Å². The average Bonchev–Trinajstić information content (AvgIpc) is 3.10. The van der Waals surface area contributed by atoms with Gasteiger partial charge in [0.15, 0.2) is 0 Å². The fourth-order valence-electron chi connectivity index (χ4n) is 2.82.